The number of aliphatic hydroxyl groups is 1. The molecule has 17 heavy (non-hydrogen) atoms. The minimum Gasteiger partial charge on any atom is -0.504 e. The Hall–Kier alpha value is -2.04. The number of ether oxygens (including phenoxy) is 1. The molecule has 92 valence electrons. The molecule has 0 spiro atoms. The monoisotopic (exact) mass is 238 g/mol. The molecule has 0 saturated carbocycles. The van der Waals surface area contributed by atoms with E-state index in [9.17, 15) is 14.7 Å². The van der Waals surface area contributed by atoms with Gasteiger partial charge in [-0.25, -0.2) is 4.79 Å². The van der Waals surface area contributed by atoms with Gasteiger partial charge in [0.2, 0.25) is 0 Å². The summed E-state index contributed by atoms with van der Waals surface area (Å²) in [6.07, 6.45) is 2.12. The molecule has 0 aliphatic rings. The molecule has 0 fully saturated rings. The van der Waals surface area contributed by atoms with Crippen LogP contribution >= 0.6 is 0 Å². The van der Waals surface area contributed by atoms with Crippen molar-refractivity contribution in [1.82, 2.24) is 0 Å². The highest BCUT2D eigenvalue weighted by molar-refractivity contribution is 6.39. The Labute approximate surface area is 98.7 Å². The number of hydrogen-bond acceptors (Lipinski definition) is 5. The predicted molar refractivity (Wildman–Crippen MR) is 60.2 cm³/mol. The van der Waals surface area contributed by atoms with Crippen molar-refractivity contribution < 1.29 is 23.8 Å². The van der Waals surface area contributed by atoms with Gasteiger partial charge < -0.3 is 14.3 Å². The summed E-state index contributed by atoms with van der Waals surface area (Å²) in [6, 6.07) is 3.02. The molecule has 0 aliphatic heterocycles. The first-order valence-corrected chi connectivity index (χ1v) is 5.01. The van der Waals surface area contributed by atoms with E-state index in [-0.39, 0.29) is 5.76 Å². The first-order valence-electron chi connectivity index (χ1n) is 5.01. The molecule has 0 atom stereocenters. The number of hydrogen-bond donors (Lipinski definition) is 1. The highest BCUT2D eigenvalue weighted by Gasteiger charge is 2.22. The lowest BCUT2D eigenvalue weighted by Gasteiger charge is -2.18. The molecular formula is C12H14O5. The Morgan fingerprint density at radius 3 is 2.53 bits per heavy atom. The van der Waals surface area contributed by atoms with E-state index in [0.29, 0.717) is 0 Å². The molecule has 5 nitrogen and oxygen atoms in total. The fourth-order valence-electron chi connectivity index (χ4n) is 1.01. The zero-order chi connectivity index (χ0) is 13.1. The number of ketones is 1. The summed E-state index contributed by atoms with van der Waals surface area (Å²) in [6.45, 7) is 4.94. The lowest BCUT2D eigenvalue weighted by molar-refractivity contribution is -0.160. The van der Waals surface area contributed by atoms with E-state index in [0.717, 1.165) is 6.08 Å². The third-order valence-corrected chi connectivity index (χ3v) is 1.64. The molecular weight excluding hydrogens is 224 g/mol. The van der Waals surface area contributed by atoms with Gasteiger partial charge in [-0.3, -0.25) is 4.79 Å². The van der Waals surface area contributed by atoms with Gasteiger partial charge in [0.1, 0.15) is 5.60 Å². The Balaban J connectivity index is 2.72. The van der Waals surface area contributed by atoms with Crippen LogP contribution in [0.1, 0.15) is 26.5 Å². The van der Waals surface area contributed by atoms with Crippen molar-refractivity contribution in [3.05, 3.63) is 30.2 Å². The van der Waals surface area contributed by atoms with Gasteiger partial charge in [0.15, 0.2) is 11.5 Å². The van der Waals surface area contributed by atoms with Crippen molar-refractivity contribution >= 4 is 17.5 Å². The summed E-state index contributed by atoms with van der Waals surface area (Å²) < 4.78 is 9.70. The smallest absolute Gasteiger partial charge is 0.379 e. The van der Waals surface area contributed by atoms with Crippen LogP contribution in [0.25, 0.3) is 5.76 Å². The van der Waals surface area contributed by atoms with Gasteiger partial charge in [0.05, 0.1) is 6.26 Å². The normalized spacial score (nSPS) is 12.3. The largest absolute Gasteiger partial charge is 0.504 e. The van der Waals surface area contributed by atoms with Crippen molar-refractivity contribution in [2.24, 2.45) is 0 Å². The molecule has 0 bridgehead atoms. The average Bonchev–Trinajstić information content (AvgIpc) is 2.67. The van der Waals surface area contributed by atoms with Crippen LogP contribution in [0.15, 0.2) is 28.9 Å². The Morgan fingerprint density at radius 1 is 1.41 bits per heavy atom. The highest BCUT2D eigenvalue weighted by atomic mass is 16.6. The van der Waals surface area contributed by atoms with Crippen molar-refractivity contribution in [3.8, 4) is 0 Å². The van der Waals surface area contributed by atoms with Crippen LogP contribution < -0.4 is 0 Å². The van der Waals surface area contributed by atoms with Gasteiger partial charge in [-0.2, -0.15) is 0 Å². The number of carbonyl (C=O) groups excluding carboxylic acids is 2. The molecule has 0 saturated heterocycles. The molecule has 0 radical (unpaired) electrons. The van der Waals surface area contributed by atoms with Crippen molar-refractivity contribution in [2.45, 2.75) is 26.4 Å². The zero-order valence-electron chi connectivity index (χ0n) is 9.89. The summed E-state index contributed by atoms with van der Waals surface area (Å²) >= 11 is 0. The van der Waals surface area contributed by atoms with Crippen LogP contribution in [-0.4, -0.2) is 22.5 Å². The number of furan rings is 1. The third-order valence-electron chi connectivity index (χ3n) is 1.64. The second kappa shape index (κ2) is 4.86. The summed E-state index contributed by atoms with van der Waals surface area (Å²) in [5.74, 6) is -2.25. The zero-order valence-corrected chi connectivity index (χ0v) is 9.89. The molecule has 1 rings (SSSR count). The minimum absolute atomic E-state index is 0.113. The lowest BCUT2D eigenvalue weighted by Crippen LogP contribution is -2.28. The van der Waals surface area contributed by atoms with E-state index in [1.54, 1.807) is 26.8 Å². The lowest BCUT2D eigenvalue weighted by atomic mass is 10.2. The van der Waals surface area contributed by atoms with Gasteiger partial charge >= 0.3 is 5.97 Å². The Morgan fingerprint density at radius 2 is 2.06 bits per heavy atom. The molecule has 1 aromatic rings. The van der Waals surface area contributed by atoms with Gasteiger partial charge in [-0.15, -0.1) is 0 Å². The molecule has 0 unspecified atom stereocenters. The summed E-state index contributed by atoms with van der Waals surface area (Å²) in [5, 5.41) is 9.47. The molecule has 1 heterocycles. The van der Waals surface area contributed by atoms with Gasteiger partial charge in [-0.05, 0) is 32.9 Å². The third kappa shape index (κ3) is 4.14. The molecule has 0 amide bonds. The summed E-state index contributed by atoms with van der Waals surface area (Å²) in [7, 11) is 0. The molecule has 0 aromatic carbocycles. The van der Waals surface area contributed by atoms with E-state index in [1.165, 1.54) is 12.3 Å². The fourth-order valence-corrected chi connectivity index (χ4v) is 1.01. The second-order valence-corrected chi connectivity index (χ2v) is 4.37. The second-order valence-electron chi connectivity index (χ2n) is 4.37. The van der Waals surface area contributed by atoms with Crippen molar-refractivity contribution in [2.75, 3.05) is 0 Å². The maximum Gasteiger partial charge on any atom is 0.379 e. The maximum absolute atomic E-state index is 11.4. The number of aliphatic hydroxyl groups excluding tert-OH is 1. The first-order chi connectivity index (χ1) is 7.79. The van der Waals surface area contributed by atoms with Crippen LogP contribution in [0.2, 0.25) is 0 Å². The quantitative estimate of drug-likeness (QED) is 0.377. The standard InChI is InChI=1S/C12H14O5/c1-12(2,3)17-11(15)9(14)7-8(13)10-5-4-6-16-10/h4-7,13H,1-3H3/b8-7-. The molecule has 5 heteroatoms. The van der Waals surface area contributed by atoms with Gasteiger partial charge in [0, 0.05) is 6.08 Å². The highest BCUT2D eigenvalue weighted by Crippen LogP contribution is 2.12. The minimum atomic E-state index is -1.02. The van der Waals surface area contributed by atoms with Crippen LogP contribution in [-0.2, 0) is 14.3 Å². The predicted octanol–water partition coefficient (Wildman–Crippen LogP) is 2.09. The summed E-state index contributed by atoms with van der Waals surface area (Å²) in [4.78, 5) is 22.7. The van der Waals surface area contributed by atoms with Crippen molar-refractivity contribution in [3.63, 3.8) is 0 Å². The molecule has 1 aromatic heterocycles. The molecule has 0 aliphatic carbocycles. The van der Waals surface area contributed by atoms with E-state index in [2.05, 4.69) is 0 Å². The first kappa shape index (κ1) is 13.0. The van der Waals surface area contributed by atoms with Gasteiger partial charge in [-0.1, -0.05) is 0 Å². The Bertz CT molecular complexity index is 434. The average molecular weight is 238 g/mol. The van der Waals surface area contributed by atoms with Gasteiger partial charge in [0.25, 0.3) is 5.78 Å². The molecule has 1 N–H and O–H groups in total. The number of esters is 1. The topological polar surface area (TPSA) is 76.7 Å². The van der Waals surface area contributed by atoms with E-state index in [4.69, 9.17) is 9.15 Å². The number of carbonyl (C=O) groups is 2. The van der Waals surface area contributed by atoms with Crippen LogP contribution in [0.4, 0.5) is 0 Å². The maximum atomic E-state index is 11.4. The van der Waals surface area contributed by atoms with Crippen LogP contribution in [0, 0.1) is 0 Å². The SMILES string of the molecule is CC(C)(C)OC(=O)C(=O)/C=C(\O)c1ccco1. The van der Waals surface area contributed by atoms with E-state index >= 15 is 0 Å². The van der Waals surface area contributed by atoms with E-state index < -0.39 is 23.1 Å². The summed E-state index contributed by atoms with van der Waals surface area (Å²) in [5.41, 5.74) is -0.749. The van der Waals surface area contributed by atoms with Crippen molar-refractivity contribution in [1.29, 1.82) is 0 Å². The van der Waals surface area contributed by atoms with Crippen LogP contribution in [0.3, 0.4) is 0 Å². The Kier molecular flexibility index (Phi) is 3.73. The number of rotatable bonds is 3. The van der Waals surface area contributed by atoms with E-state index in [1.807, 2.05) is 0 Å². The fraction of sp³-hybridized carbons (Fsp3) is 0.333. The van der Waals surface area contributed by atoms with Crippen LogP contribution in [0.5, 0.6) is 0 Å².